The Morgan fingerprint density at radius 1 is 0.854 bits per heavy atom. The maximum absolute atomic E-state index is 11.0. The molecule has 3 N–H and O–H groups in total. The molecule has 1 heterocycles. The number of nitrogens with zero attached hydrogens (tertiary/aromatic N) is 1. The predicted molar refractivity (Wildman–Crippen MR) is 159 cm³/mol. The number of hydrogen-bond acceptors (Lipinski definition) is 3. The summed E-state index contributed by atoms with van der Waals surface area (Å²) in [4.78, 5) is 0. The Kier molecular flexibility index (Phi) is 8.27. The fraction of sp³-hybridized carbons (Fsp3) is 0.806. The van der Waals surface area contributed by atoms with Crippen LogP contribution in [0.1, 0.15) is 104 Å². The van der Waals surface area contributed by atoms with Gasteiger partial charge in [0, 0.05) is 18.7 Å². The van der Waals surface area contributed by atoms with E-state index in [4.69, 9.17) is 6.58 Å². The van der Waals surface area contributed by atoms with Gasteiger partial charge in [-0.3, -0.25) is 0 Å². The Labute approximate surface area is 259 Å². The molecule has 0 aromatic carbocycles. The van der Waals surface area contributed by atoms with Crippen LogP contribution < -0.4 is 21.5 Å². The molecule has 6 rings (SSSR count). The molecule has 230 valence electrons. The second-order valence-corrected chi connectivity index (χ2v) is 16.4. The largest absolute Gasteiger partial charge is 1.00 e. The summed E-state index contributed by atoms with van der Waals surface area (Å²) in [6, 6.07) is 4.00. The lowest BCUT2D eigenvalue weighted by molar-refractivity contribution is -0.689. The molecule has 0 spiro atoms. The minimum Gasteiger partial charge on any atom is -1.00 e. The molecule has 0 bridgehead atoms. The highest BCUT2D eigenvalue weighted by atomic mass is 79.9. The van der Waals surface area contributed by atoms with E-state index in [1.54, 1.807) is 0 Å². The number of rotatable bonds is 5. The lowest BCUT2D eigenvalue weighted by atomic mass is 9.32. The molecule has 4 nitrogen and oxygen atoms in total. The first-order valence-electron chi connectivity index (χ1n) is 16.4. The average Bonchev–Trinajstić information content (AvgIpc) is 3.32. The normalized spacial score (nSPS) is 46.3. The van der Waals surface area contributed by atoms with Crippen LogP contribution in [0.4, 0.5) is 0 Å². The molecular weight excluding hydrogens is 574 g/mol. The van der Waals surface area contributed by atoms with Crippen molar-refractivity contribution in [2.75, 3.05) is 6.61 Å². The van der Waals surface area contributed by atoms with Gasteiger partial charge >= 0.3 is 0 Å². The highest BCUT2D eigenvalue weighted by Crippen LogP contribution is 2.77. The number of allylic oxidation sites excluding steroid dienone is 1. The second kappa shape index (κ2) is 10.7. The van der Waals surface area contributed by atoms with E-state index in [1.165, 1.54) is 44.1 Å². The molecule has 1 aromatic heterocycles. The Morgan fingerprint density at radius 2 is 1.56 bits per heavy atom. The SMILES string of the molecule is C=C(C[n+]1ccc(CO)cc1)[C@@H]1CC[C@]2(CO)CC[C@]3(C)[C@H](CC[C@@H]4[C@@]5(C)CCC(O)C(C)(C)[C@@H]5CC[C@]43C)[C@@H]12.[Br-]. The van der Waals surface area contributed by atoms with Crippen LogP contribution in [-0.4, -0.2) is 28.0 Å². The maximum atomic E-state index is 11.0. The zero-order valence-electron chi connectivity index (χ0n) is 26.3. The number of hydrogen-bond donors (Lipinski definition) is 3. The van der Waals surface area contributed by atoms with Gasteiger partial charge in [0.2, 0.25) is 0 Å². The van der Waals surface area contributed by atoms with Crippen LogP contribution in [0.5, 0.6) is 0 Å². The van der Waals surface area contributed by atoms with Crippen molar-refractivity contribution in [1.82, 2.24) is 0 Å². The van der Waals surface area contributed by atoms with Crippen LogP contribution in [0.3, 0.4) is 0 Å². The summed E-state index contributed by atoms with van der Waals surface area (Å²) in [5, 5.41) is 31.4. The Balaban J connectivity index is 0.00000337. The third-order valence-corrected chi connectivity index (χ3v) is 15.0. The standard InChI is InChI=1S/C36H56NO3.BrH/c1-24(21-37-19-12-25(22-38)13-20-37)26-9-16-36(23-39)18-17-34(5)27(31(26)36)7-8-29-33(4)14-11-30(40)32(2,3)28(33)10-15-35(29,34)6;/h12-13,19-20,26-31,38-40H,1,7-11,14-18,21-23H2,2-6H3;1H/q+1;/p-1/t26-,27+,28-,29+,30?,31+,33-,34+,35+,36+;/m0./s1. The molecule has 1 aromatic rings. The summed E-state index contributed by atoms with van der Waals surface area (Å²) in [5.41, 5.74) is 3.16. The van der Waals surface area contributed by atoms with Crippen molar-refractivity contribution in [1.29, 1.82) is 0 Å². The molecule has 0 radical (unpaired) electrons. The molecule has 5 heteroatoms. The zero-order chi connectivity index (χ0) is 28.7. The van der Waals surface area contributed by atoms with E-state index < -0.39 is 0 Å². The minimum atomic E-state index is -0.176. The topological polar surface area (TPSA) is 64.6 Å². The van der Waals surface area contributed by atoms with Gasteiger partial charge < -0.3 is 32.3 Å². The highest BCUT2D eigenvalue weighted by molar-refractivity contribution is 5.22. The molecule has 5 aliphatic rings. The summed E-state index contributed by atoms with van der Waals surface area (Å²) in [5.74, 6) is 2.89. The Hall–Kier alpha value is -0.750. The molecule has 0 aliphatic heterocycles. The molecule has 5 saturated carbocycles. The van der Waals surface area contributed by atoms with Crippen molar-refractivity contribution in [2.45, 2.75) is 118 Å². The van der Waals surface area contributed by atoms with Crippen molar-refractivity contribution in [3.05, 3.63) is 42.2 Å². The predicted octanol–water partition coefficient (Wildman–Crippen LogP) is 3.46. The summed E-state index contributed by atoms with van der Waals surface area (Å²) in [7, 11) is 0. The number of aromatic nitrogens is 1. The Morgan fingerprint density at radius 3 is 2.22 bits per heavy atom. The van der Waals surface area contributed by atoms with E-state index in [2.05, 4.69) is 51.6 Å². The third-order valence-electron chi connectivity index (χ3n) is 15.0. The molecule has 0 amide bonds. The number of aliphatic hydroxyl groups is 3. The van der Waals surface area contributed by atoms with Crippen molar-refractivity contribution >= 4 is 0 Å². The van der Waals surface area contributed by atoms with Crippen LogP contribution in [0.25, 0.3) is 0 Å². The quantitative estimate of drug-likeness (QED) is 0.345. The second-order valence-electron chi connectivity index (χ2n) is 16.4. The monoisotopic (exact) mass is 629 g/mol. The number of aliphatic hydroxyl groups excluding tert-OH is 3. The first-order valence-corrected chi connectivity index (χ1v) is 16.4. The van der Waals surface area contributed by atoms with Gasteiger partial charge in [-0.1, -0.05) is 41.2 Å². The Bertz CT molecular complexity index is 1140. The van der Waals surface area contributed by atoms with Crippen LogP contribution in [-0.2, 0) is 13.2 Å². The first-order chi connectivity index (χ1) is 18.9. The molecule has 10 atom stereocenters. The van der Waals surface area contributed by atoms with Crippen molar-refractivity contribution in [3.63, 3.8) is 0 Å². The maximum Gasteiger partial charge on any atom is 0.169 e. The van der Waals surface area contributed by atoms with Gasteiger partial charge in [-0.25, -0.2) is 4.57 Å². The summed E-state index contributed by atoms with van der Waals surface area (Å²) in [6.45, 7) is 18.5. The number of pyridine rings is 1. The van der Waals surface area contributed by atoms with Crippen molar-refractivity contribution in [3.8, 4) is 0 Å². The van der Waals surface area contributed by atoms with Crippen molar-refractivity contribution < 1.29 is 36.9 Å². The molecular formula is C36H56BrNO3. The van der Waals surface area contributed by atoms with Gasteiger partial charge in [0.15, 0.2) is 18.9 Å². The van der Waals surface area contributed by atoms with E-state index in [-0.39, 0.29) is 45.9 Å². The average molecular weight is 631 g/mol. The molecule has 0 saturated heterocycles. The minimum absolute atomic E-state index is 0. The molecule has 5 aliphatic carbocycles. The van der Waals surface area contributed by atoms with Crippen LogP contribution in [0, 0.1) is 56.7 Å². The fourth-order valence-corrected chi connectivity index (χ4v) is 12.5. The van der Waals surface area contributed by atoms with Crippen molar-refractivity contribution in [2.24, 2.45) is 56.7 Å². The molecule has 5 fully saturated rings. The summed E-state index contributed by atoms with van der Waals surface area (Å²) >= 11 is 0. The number of halogens is 1. The van der Waals surface area contributed by atoms with Gasteiger partial charge in [-0.05, 0) is 132 Å². The summed E-state index contributed by atoms with van der Waals surface area (Å²) < 4.78 is 2.21. The van der Waals surface area contributed by atoms with E-state index in [1.807, 2.05) is 12.1 Å². The van der Waals surface area contributed by atoms with Crippen LogP contribution in [0.2, 0.25) is 0 Å². The van der Waals surface area contributed by atoms with Crippen LogP contribution >= 0.6 is 0 Å². The fourth-order valence-electron chi connectivity index (χ4n) is 12.5. The van der Waals surface area contributed by atoms with Gasteiger partial charge in [0.05, 0.1) is 12.7 Å². The lowest BCUT2D eigenvalue weighted by Gasteiger charge is -2.73. The first kappa shape index (κ1) is 31.7. The van der Waals surface area contributed by atoms with E-state index in [9.17, 15) is 15.3 Å². The van der Waals surface area contributed by atoms with Crippen LogP contribution in [0.15, 0.2) is 36.7 Å². The third kappa shape index (κ3) is 4.40. The molecule has 1 unspecified atom stereocenters. The summed E-state index contributed by atoms with van der Waals surface area (Å²) in [6.07, 6.45) is 15.8. The number of fused-ring (bicyclic) bond motifs is 7. The van der Waals surface area contributed by atoms with Gasteiger partial charge in [0.25, 0.3) is 0 Å². The molecule has 41 heavy (non-hydrogen) atoms. The van der Waals surface area contributed by atoms with E-state index in [0.717, 1.165) is 37.8 Å². The lowest BCUT2D eigenvalue weighted by Crippen LogP contribution is -3.00. The highest BCUT2D eigenvalue weighted by Gasteiger charge is 2.70. The van der Waals surface area contributed by atoms with Gasteiger partial charge in [-0.2, -0.15) is 0 Å². The van der Waals surface area contributed by atoms with E-state index in [0.29, 0.717) is 47.0 Å². The zero-order valence-corrected chi connectivity index (χ0v) is 27.9. The van der Waals surface area contributed by atoms with Gasteiger partial charge in [-0.15, -0.1) is 0 Å². The smallest absolute Gasteiger partial charge is 0.169 e. The van der Waals surface area contributed by atoms with Gasteiger partial charge in [0.1, 0.15) is 0 Å². The van der Waals surface area contributed by atoms with E-state index >= 15 is 0 Å².